The summed E-state index contributed by atoms with van der Waals surface area (Å²) in [5.74, 6) is 2.35. The number of hydrogen-bond acceptors (Lipinski definition) is 6. The van der Waals surface area contributed by atoms with Gasteiger partial charge in [-0.15, -0.1) is 0 Å². The minimum atomic E-state index is -0.0596. The number of nitrogens with zero attached hydrogens (tertiary/aromatic N) is 2. The van der Waals surface area contributed by atoms with Gasteiger partial charge in [0.2, 0.25) is 11.7 Å². The number of furan rings is 1. The van der Waals surface area contributed by atoms with Gasteiger partial charge in [-0.1, -0.05) is 5.16 Å². The summed E-state index contributed by atoms with van der Waals surface area (Å²) in [7, 11) is 0. The van der Waals surface area contributed by atoms with Gasteiger partial charge < -0.3 is 13.7 Å². The van der Waals surface area contributed by atoms with Crippen molar-refractivity contribution in [1.29, 1.82) is 0 Å². The minimum Gasteiger partial charge on any atom is -0.493 e. The smallest absolute Gasteiger partial charge is 0.223 e. The predicted molar refractivity (Wildman–Crippen MR) is 96.5 cm³/mol. The molecule has 3 rings (SSSR count). The fourth-order valence-electron chi connectivity index (χ4n) is 2.87. The summed E-state index contributed by atoms with van der Waals surface area (Å²) >= 11 is 0. The van der Waals surface area contributed by atoms with Crippen LogP contribution in [0.25, 0.3) is 11.4 Å². The Kier molecular flexibility index (Phi) is 5.21. The van der Waals surface area contributed by atoms with Gasteiger partial charge in [0.05, 0.1) is 12.9 Å². The number of rotatable bonds is 7. The summed E-state index contributed by atoms with van der Waals surface area (Å²) in [6.07, 6.45) is 3.27. The van der Waals surface area contributed by atoms with Gasteiger partial charge in [-0.05, 0) is 61.6 Å². The molecule has 0 aliphatic heterocycles. The van der Waals surface area contributed by atoms with Crippen molar-refractivity contribution in [3.05, 3.63) is 52.8 Å². The number of aryl methyl sites for hydroxylation is 4. The SMILES string of the molecule is CC(=O)c1cc(CCCOc2c(C)cc(-c3noc(C)n3)cc2C)co1. The first-order valence-electron chi connectivity index (χ1n) is 8.57. The molecule has 0 aliphatic rings. The zero-order valence-electron chi connectivity index (χ0n) is 15.5. The Bertz CT molecular complexity index is 901. The van der Waals surface area contributed by atoms with E-state index in [1.54, 1.807) is 19.3 Å². The van der Waals surface area contributed by atoms with Gasteiger partial charge in [0.25, 0.3) is 0 Å². The lowest BCUT2D eigenvalue weighted by atomic mass is 10.1. The molecule has 26 heavy (non-hydrogen) atoms. The zero-order chi connectivity index (χ0) is 18.7. The Morgan fingerprint density at radius 3 is 2.46 bits per heavy atom. The molecular weight excluding hydrogens is 332 g/mol. The number of carbonyl (C=O) groups excluding carboxylic acids is 1. The first-order valence-corrected chi connectivity index (χ1v) is 8.57. The second-order valence-corrected chi connectivity index (χ2v) is 6.40. The van der Waals surface area contributed by atoms with Crippen LogP contribution >= 0.6 is 0 Å². The molecule has 0 unspecified atom stereocenters. The van der Waals surface area contributed by atoms with Crippen molar-refractivity contribution in [2.75, 3.05) is 6.61 Å². The Hall–Kier alpha value is -2.89. The van der Waals surface area contributed by atoms with E-state index in [-0.39, 0.29) is 5.78 Å². The van der Waals surface area contributed by atoms with Crippen LogP contribution in [0.2, 0.25) is 0 Å². The Labute approximate surface area is 152 Å². The van der Waals surface area contributed by atoms with Crippen molar-refractivity contribution < 1.29 is 18.5 Å². The number of Topliss-reactive ketones (excluding diaryl/α,β-unsaturated/α-hetero) is 1. The molecule has 0 N–H and O–H groups in total. The molecular formula is C20H22N2O4. The van der Waals surface area contributed by atoms with E-state index in [1.807, 2.05) is 26.0 Å². The van der Waals surface area contributed by atoms with Crippen molar-refractivity contribution in [3.63, 3.8) is 0 Å². The number of ketones is 1. The molecule has 0 radical (unpaired) electrons. The quantitative estimate of drug-likeness (QED) is 0.460. The van der Waals surface area contributed by atoms with Crippen molar-refractivity contribution in [2.45, 2.75) is 40.5 Å². The number of benzene rings is 1. The number of carbonyl (C=O) groups is 1. The second kappa shape index (κ2) is 7.56. The number of aromatic nitrogens is 2. The Morgan fingerprint density at radius 2 is 1.88 bits per heavy atom. The monoisotopic (exact) mass is 354 g/mol. The molecule has 6 heteroatoms. The lowest BCUT2D eigenvalue weighted by Gasteiger charge is -2.13. The van der Waals surface area contributed by atoms with Gasteiger partial charge >= 0.3 is 0 Å². The summed E-state index contributed by atoms with van der Waals surface area (Å²) in [5, 5.41) is 3.96. The first-order chi connectivity index (χ1) is 12.4. The van der Waals surface area contributed by atoms with E-state index in [0.717, 1.165) is 40.8 Å². The van der Waals surface area contributed by atoms with E-state index in [2.05, 4.69) is 10.1 Å². The zero-order valence-corrected chi connectivity index (χ0v) is 15.5. The summed E-state index contributed by atoms with van der Waals surface area (Å²) in [6.45, 7) is 7.87. The first kappa shape index (κ1) is 17.9. The topological polar surface area (TPSA) is 78.4 Å². The maximum Gasteiger partial charge on any atom is 0.223 e. The fraction of sp³-hybridized carbons (Fsp3) is 0.350. The van der Waals surface area contributed by atoms with E-state index in [0.29, 0.717) is 24.1 Å². The summed E-state index contributed by atoms with van der Waals surface area (Å²) < 4.78 is 16.3. The summed E-state index contributed by atoms with van der Waals surface area (Å²) in [5.41, 5.74) is 3.99. The van der Waals surface area contributed by atoms with Gasteiger partial charge in [-0.3, -0.25) is 4.79 Å². The van der Waals surface area contributed by atoms with Crippen LogP contribution in [0.4, 0.5) is 0 Å². The third-order valence-corrected chi connectivity index (χ3v) is 4.10. The summed E-state index contributed by atoms with van der Waals surface area (Å²) in [4.78, 5) is 15.5. The highest BCUT2D eigenvalue weighted by Gasteiger charge is 2.12. The average molecular weight is 354 g/mol. The maximum absolute atomic E-state index is 11.2. The average Bonchev–Trinajstić information content (AvgIpc) is 3.22. The highest BCUT2D eigenvalue weighted by Crippen LogP contribution is 2.29. The van der Waals surface area contributed by atoms with Crippen LogP contribution in [0.5, 0.6) is 5.75 Å². The number of hydrogen-bond donors (Lipinski definition) is 0. The highest BCUT2D eigenvalue weighted by molar-refractivity contribution is 5.91. The molecule has 136 valence electrons. The van der Waals surface area contributed by atoms with Gasteiger partial charge in [-0.25, -0.2) is 0 Å². The van der Waals surface area contributed by atoms with Gasteiger partial charge in [-0.2, -0.15) is 4.98 Å². The van der Waals surface area contributed by atoms with Crippen LogP contribution in [0.3, 0.4) is 0 Å². The lowest BCUT2D eigenvalue weighted by Crippen LogP contribution is -2.02. The molecule has 0 saturated heterocycles. The lowest BCUT2D eigenvalue weighted by molar-refractivity contribution is 0.0987. The molecule has 0 amide bonds. The molecule has 0 saturated carbocycles. The van der Waals surface area contributed by atoms with E-state index < -0.39 is 0 Å². The maximum atomic E-state index is 11.2. The highest BCUT2D eigenvalue weighted by atomic mass is 16.5. The van der Waals surface area contributed by atoms with Gasteiger partial charge in [0.1, 0.15) is 5.75 Å². The van der Waals surface area contributed by atoms with Crippen LogP contribution in [0, 0.1) is 20.8 Å². The Morgan fingerprint density at radius 1 is 1.15 bits per heavy atom. The molecule has 1 aromatic carbocycles. The van der Waals surface area contributed by atoms with Crippen molar-refractivity contribution in [3.8, 4) is 17.1 Å². The Balaban J connectivity index is 1.60. The van der Waals surface area contributed by atoms with Crippen molar-refractivity contribution in [1.82, 2.24) is 10.1 Å². The van der Waals surface area contributed by atoms with Crippen LogP contribution in [0.1, 0.15) is 46.5 Å². The standard InChI is InChI=1S/C20H22N2O4/c1-12-8-17(20-21-15(4)26-22-20)9-13(2)19(12)24-7-5-6-16-10-18(14(3)23)25-11-16/h8-11H,5-7H2,1-4H3. The largest absolute Gasteiger partial charge is 0.493 e. The molecule has 0 atom stereocenters. The van der Waals surface area contributed by atoms with Crippen LogP contribution in [-0.4, -0.2) is 22.5 Å². The molecule has 3 aromatic rings. The van der Waals surface area contributed by atoms with Crippen LogP contribution in [0.15, 0.2) is 33.4 Å². The van der Waals surface area contributed by atoms with Crippen LogP contribution in [-0.2, 0) is 6.42 Å². The second-order valence-electron chi connectivity index (χ2n) is 6.40. The minimum absolute atomic E-state index is 0.0596. The van der Waals surface area contributed by atoms with Crippen molar-refractivity contribution >= 4 is 5.78 Å². The molecule has 0 fully saturated rings. The van der Waals surface area contributed by atoms with Gasteiger partial charge in [0, 0.05) is 19.4 Å². The van der Waals surface area contributed by atoms with E-state index >= 15 is 0 Å². The fourth-order valence-corrected chi connectivity index (χ4v) is 2.87. The van der Waals surface area contributed by atoms with E-state index in [4.69, 9.17) is 13.7 Å². The normalized spacial score (nSPS) is 10.9. The predicted octanol–water partition coefficient (Wildman–Crippen LogP) is 4.47. The molecule has 2 heterocycles. The number of ether oxygens (including phenoxy) is 1. The van der Waals surface area contributed by atoms with Crippen molar-refractivity contribution in [2.24, 2.45) is 0 Å². The third-order valence-electron chi connectivity index (χ3n) is 4.10. The van der Waals surface area contributed by atoms with E-state index in [9.17, 15) is 4.79 Å². The molecule has 2 aromatic heterocycles. The molecule has 0 bridgehead atoms. The van der Waals surface area contributed by atoms with Crippen LogP contribution < -0.4 is 4.74 Å². The molecule has 0 spiro atoms. The van der Waals surface area contributed by atoms with E-state index in [1.165, 1.54) is 6.92 Å². The molecule has 0 aliphatic carbocycles. The molecule has 6 nitrogen and oxygen atoms in total. The third kappa shape index (κ3) is 4.02. The van der Waals surface area contributed by atoms with Gasteiger partial charge in [0.15, 0.2) is 11.5 Å². The summed E-state index contributed by atoms with van der Waals surface area (Å²) in [6, 6.07) is 5.80.